The van der Waals surface area contributed by atoms with Gasteiger partial charge in [-0.2, -0.15) is 10.4 Å². The summed E-state index contributed by atoms with van der Waals surface area (Å²) in [6, 6.07) is 11.8. The van der Waals surface area contributed by atoms with Crippen LogP contribution in [0, 0.1) is 11.3 Å². The monoisotopic (exact) mass is 296 g/mol. The van der Waals surface area contributed by atoms with Crippen LogP contribution in [-0.4, -0.2) is 28.0 Å². The first-order chi connectivity index (χ1) is 10.3. The minimum atomic E-state index is 0.512. The van der Waals surface area contributed by atoms with Gasteiger partial charge in [0.15, 0.2) is 5.65 Å². The van der Waals surface area contributed by atoms with Crippen LogP contribution >= 0.6 is 11.8 Å². The quantitative estimate of drug-likeness (QED) is 0.695. The molecule has 21 heavy (non-hydrogen) atoms. The normalized spacial score (nSPS) is 10.5. The predicted molar refractivity (Wildman–Crippen MR) is 81.5 cm³/mol. The van der Waals surface area contributed by atoms with Crippen LogP contribution in [0.3, 0.4) is 0 Å². The molecule has 3 aromatic rings. The molecule has 0 aliphatic heterocycles. The Kier molecular flexibility index (Phi) is 3.50. The summed E-state index contributed by atoms with van der Waals surface area (Å²) < 4.78 is 6.88. The number of methoxy groups -OCH3 is 1. The summed E-state index contributed by atoms with van der Waals surface area (Å²) in [5.41, 5.74) is 2.97. The zero-order chi connectivity index (χ0) is 14.8. The van der Waals surface area contributed by atoms with E-state index in [0.29, 0.717) is 16.2 Å². The van der Waals surface area contributed by atoms with Crippen LogP contribution in [-0.2, 0) is 0 Å². The number of hydrogen-bond acceptors (Lipinski definition) is 5. The van der Waals surface area contributed by atoms with E-state index >= 15 is 0 Å². The molecule has 2 heterocycles. The molecule has 0 radical (unpaired) electrons. The predicted octanol–water partition coefficient (Wildman–Crippen LogP) is 3.00. The number of fused-ring (bicyclic) bond motifs is 1. The van der Waals surface area contributed by atoms with Crippen molar-refractivity contribution in [2.24, 2.45) is 0 Å². The number of nitriles is 1. The first kappa shape index (κ1) is 13.5. The highest BCUT2D eigenvalue weighted by Crippen LogP contribution is 2.27. The van der Waals surface area contributed by atoms with Crippen molar-refractivity contribution in [1.82, 2.24) is 14.6 Å². The summed E-state index contributed by atoms with van der Waals surface area (Å²) in [4.78, 5) is 4.28. The molecule has 1 aromatic carbocycles. The largest absolute Gasteiger partial charge is 0.497 e. The molecule has 6 heteroatoms. The Balaban J connectivity index is 2.23. The van der Waals surface area contributed by atoms with Crippen molar-refractivity contribution >= 4 is 17.4 Å². The highest BCUT2D eigenvalue weighted by molar-refractivity contribution is 7.98. The molecule has 104 valence electrons. The maximum absolute atomic E-state index is 9.29. The Bertz CT molecular complexity index is 833. The lowest BCUT2D eigenvalue weighted by Crippen LogP contribution is -1.96. The number of nitrogens with zero attached hydrogens (tertiary/aromatic N) is 4. The van der Waals surface area contributed by atoms with Crippen molar-refractivity contribution in [1.29, 1.82) is 5.26 Å². The SMILES string of the molecule is COc1ccc(-c2ccnc3c(C#N)c(SC)nn23)cc1. The number of ether oxygens (including phenoxy) is 1. The maximum Gasteiger partial charge on any atom is 0.174 e. The molecule has 0 saturated heterocycles. The molecule has 3 rings (SSSR count). The fourth-order valence-corrected chi connectivity index (χ4v) is 2.65. The molecule has 0 aliphatic carbocycles. The molecule has 0 fully saturated rings. The second-order valence-corrected chi connectivity index (χ2v) is 5.09. The molecule has 0 spiro atoms. The molecule has 0 bridgehead atoms. The van der Waals surface area contributed by atoms with E-state index in [1.807, 2.05) is 36.6 Å². The Morgan fingerprint density at radius 1 is 1.24 bits per heavy atom. The van der Waals surface area contributed by atoms with E-state index in [9.17, 15) is 5.26 Å². The first-order valence-corrected chi connectivity index (χ1v) is 7.47. The Labute approximate surface area is 126 Å². The molecule has 0 aliphatic rings. The second-order valence-electron chi connectivity index (χ2n) is 4.29. The minimum Gasteiger partial charge on any atom is -0.497 e. The summed E-state index contributed by atoms with van der Waals surface area (Å²) in [5, 5.41) is 14.5. The molecular formula is C15H12N4OS. The third-order valence-corrected chi connectivity index (χ3v) is 3.85. The molecule has 5 nitrogen and oxygen atoms in total. The summed E-state index contributed by atoms with van der Waals surface area (Å²) in [6.07, 6.45) is 3.59. The van der Waals surface area contributed by atoms with Gasteiger partial charge >= 0.3 is 0 Å². The molecule has 0 unspecified atom stereocenters. The molecule has 0 saturated carbocycles. The van der Waals surface area contributed by atoms with Gasteiger partial charge in [-0.05, 0) is 36.6 Å². The Morgan fingerprint density at radius 3 is 2.62 bits per heavy atom. The lowest BCUT2D eigenvalue weighted by Gasteiger charge is -2.05. The molecule has 2 aromatic heterocycles. The van der Waals surface area contributed by atoms with Gasteiger partial charge in [-0.1, -0.05) is 0 Å². The summed E-state index contributed by atoms with van der Waals surface area (Å²) in [7, 11) is 1.64. The van der Waals surface area contributed by atoms with E-state index in [4.69, 9.17) is 4.74 Å². The summed E-state index contributed by atoms with van der Waals surface area (Å²) in [5.74, 6) is 0.798. The van der Waals surface area contributed by atoms with E-state index in [2.05, 4.69) is 16.2 Å². The van der Waals surface area contributed by atoms with Crippen LogP contribution in [0.4, 0.5) is 0 Å². The van der Waals surface area contributed by atoms with E-state index in [0.717, 1.165) is 17.0 Å². The van der Waals surface area contributed by atoms with Crippen molar-refractivity contribution in [2.75, 3.05) is 13.4 Å². The lowest BCUT2D eigenvalue weighted by molar-refractivity contribution is 0.415. The van der Waals surface area contributed by atoms with Gasteiger partial charge in [0.05, 0.1) is 12.8 Å². The van der Waals surface area contributed by atoms with Crippen LogP contribution in [0.2, 0.25) is 0 Å². The van der Waals surface area contributed by atoms with Crippen molar-refractivity contribution in [3.8, 4) is 23.1 Å². The third-order valence-electron chi connectivity index (χ3n) is 3.18. The van der Waals surface area contributed by atoms with Crippen molar-refractivity contribution < 1.29 is 4.74 Å². The fraction of sp³-hybridized carbons (Fsp3) is 0.133. The van der Waals surface area contributed by atoms with E-state index < -0.39 is 0 Å². The van der Waals surface area contributed by atoms with Crippen LogP contribution in [0.25, 0.3) is 16.9 Å². The molecule has 0 amide bonds. The van der Waals surface area contributed by atoms with Crippen molar-refractivity contribution in [2.45, 2.75) is 5.03 Å². The van der Waals surface area contributed by atoms with Crippen molar-refractivity contribution in [3.63, 3.8) is 0 Å². The lowest BCUT2D eigenvalue weighted by atomic mass is 10.1. The highest BCUT2D eigenvalue weighted by atomic mass is 32.2. The highest BCUT2D eigenvalue weighted by Gasteiger charge is 2.15. The molecular weight excluding hydrogens is 284 g/mol. The average molecular weight is 296 g/mol. The molecule has 0 atom stereocenters. The minimum absolute atomic E-state index is 0.512. The standard InChI is InChI=1S/C15H12N4OS/c1-20-11-5-3-10(4-6-11)13-7-8-17-14-12(9-16)15(21-2)18-19(13)14/h3-8H,1-2H3. The maximum atomic E-state index is 9.29. The van der Waals surface area contributed by atoms with Gasteiger partial charge in [-0.15, -0.1) is 11.8 Å². The van der Waals surface area contributed by atoms with E-state index in [1.165, 1.54) is 11.8 Å². The van der Waals surface area contributed by atoms with E-state index in [1.54, 1.807) is 17.8 Å². The zero-order valence-electron chi connectivity index (χ0n) is 11.6. The smallest absolute Gasteiger partial charge is 0.174 e. The number of thioether (sulfide) groups is 1. The Morgan fingerprint density at radius 2 is 2.00 bits per heavy atom. The third kappa shape index (κ3) is 2.22. The zero-order valence-corrected chi connectivity index (χ0v) is 12.4. The summed E-state index contributed by atoms with van der Waals surface area (Å²) >= 11 is 1.44. The van der Waals surface area contributed by atoms with Crippen LogP contribution in [0.5, 0.6) is 5.75 Å². The Hall–Kier alpha value is -2.52. The van der Waals surface area contributed by atoms with Crippen LogP contribution in [0.1, 0.15) is 5.56 Å². The molecule has 0 N–H and O–H groups in total. The van der Waals surface area contributed by atoms with Crippen LogP contribution < -0.4 is 4.74 Å². The van der Waals surface area contributed by atoms with Gasteiger partial charge in [0.25, 0.3) is 0 Å². The average Bonchev–Trinajstić information content (AvgIpc) is 2.92. The topological polar surface area (TPSA) is 63.2 Å². The first-order valence-electron chi connectivity index (χ1n) is 6.24. The number of aromatic nitrogens is 3. The summed E-state index contributed by atoms with van der Waals surface area (Å²) in [6.45, 7) is 0. The van der Waals surface area contributed by atoms with Gasteiger partial charge < -0.3 is 4.74 Å². The number of hydrogen-bond donors (Lipinski definition) is 0. The fourth-order valence-electron chi connectivity index (χ4n) is 2.15. The van der Waals surface area contributed by atoms with Crippen molar-refractivity contribution in [3.05, 3.63) is 42.1 Å². The van der Waals surface area contributed by atoms with E-state index in [-0.39, 0.29) is 0 Å². The van der Waals surface area contributed by atoms with Gasteiger partial charge in [-0.25, -0.2) is 9.50 Å². The van der Waals surface area contributed by atoms with Gasteiger partial charge in [-0.3, -0.25) is 0 Å². The van der Waals surface area contributed by atoms with Gasteiger partial charge in [0.1, 0.15) is 22.4 Å². The number of benzene rings is 1. The van der Waals surface area contributed by atoms with Crippen LogP contribution in [0.15, 0.2) is 41.6 Å². The van der Waals surface area contributed by atoms with Gasteiger partial charge in [0, 0.05) is 11.8 Å². The second kappa shape index (κ2) is 5.46. The van der Waals surface area contributed by atoms with Gasteiger partial charge in [0.2, 0.25) is 0 Å². The number of rotatable bonds is 3.